The van der Waals surface area contributed by atoms with Crippen molar-refractivity contribution in [3.05, 3.63) is 58.5 Å². The average molecular weight is 415 g/mol. The van der Waals surface area contributed by atoms with Gasteiger partial charge in [0.25, 0.3) is 5.91 Å². The van der Waals surface area contributed by atoms with Gasteiger partial charge in [-0.1, -0.05) is 11.6 Å². The molecule has 2 aromatic heterocycles. The molecular formula is C19H16ClFN6O2. The number of nitriles is 1. The number of aromatic amines is 1. The van der Waals surface area contributed by atoms with Crippen LogP contribution in [0.25, 0.3) is 11.3 Å². The quantitative estimate of drug-likeness (QED) is 0.601. The number of ketones is 1. The lowest BCUT2D eigenvalue weighted by Crippen LogP contribution is -2.36. The Morgan fingerprint density at radius 2 is 2.21 bits per heavy atom. The van der Waals surface area contributed by atoms with E-state index in [1.54, 1.807) is 29.9 Å². The van der Waals surface area contributed by atoms with Gasteiger partial charge in [0.2, 0.25) is 0 Å². The first-order valence-corrected chi connectivity index (χ1v) is 8.96. The summed E-state index contributed by atoms with van der Waals surface area (Å²) >= 11 is 5.94. The first-order valence-electron chi connectivity index (χ1n) is 8.58. The molecule has 3 rings (SSSR count). The van der Waals surface area contributed by atoms with Crippen molar-refractivity contribution in [2.24, 2.45) is 0 Å². The fourth-order valence-electron chi connectivity index (χ4n) is 2.69. The van der Waals surface area contributed by atoms with Crippen LogP contribution in [0.2, 0.25) is 5.02 Å². The predicted molar refractivity (Wildman–Crippen MR) is 103 cm³/mol. The van der Waals surface area contributed by atoms with Crippen molar-refractivity contribution in [3.8, 4) is 17.3 Å². The lowest BCUT2D eigenvalue weighted by Gasteiger charge is -2.13. The van der Waals surface area contributed by atoms with E-state index in [4.69, 9.17) is 16.9 Å². The largest absolute Gasteiger partial charge is 0.346 e. The maximum atomic E-state index is 14.0. The fraction of sp³-hybridized carbons (Fsp3) is 0.211. The molecule has 0 saturated heterocycles. The molecule has 3 aromatic rings. The topological polar surface area (TPSA) is 116 Å². The lowest BCUT2D eigenvalue weighted by atomic mass is 10.1. The minimum absolute atomic E-state index is 0.0154. The van der Waals surface area contributed by atoms with Crippen molar-refractivity contribution >= 4 is 23.3 Å². The number of aromatic nitrogens is 4. The van der Waals surface area contributed by atoms with Crippen molar-refractivity contribution in [1.29, 1.82) is 5.26 Å². The van der Waals surface area contributed by atoms with Crippen molar-refractivity contribution in [3.63, 3.8) is 0 Å². The highest BCUT2D eigenvalue weighted by molar-refractivity contribution is 6.32. The van der Waals surface area contributed by atoms with E-state index in [1.807, 2.05) is 0 Å². The molecule has 148 valence electrons. The number of halogens is 2. The molecule has 10 heteroatoms. The third-order valence-corrected chi connectivity index (χ3v) is 4.37. The SMILES string of the molecule is CC(=O)c1nc(C(=O)N[C@@H](C)Cn2ccc(-c3cc(F)c(C#N)c(Cl)c3)n2)c[nH]1. The van der Waals surface area contributed by atoms with Crippen LogP contribution in [0.15, 0.2) is 30.6 Å². The van der Waals surface area contributed by atoms with E-state index in [-0.39, 0.29) is 33.9 Å². The molecule has 0 bridgehead atoms. The lowest BCUT2D eigenvalue weighted by molar-refractivity contribution is 0.0931. The summed E-state index contributed by atoms with van der Waals surface area (Å²) in [5, 5.41) is 16.0. The smallest absolute Gasteiger partial charge is 0.271 e. The molecule has 29 heavy (non-hydrogen) atoms. The van der Waals surface area contributed by atoms with Crippen molar-refractivity contribution in [1.82, 2.24) is 25.1 Å². The van der Waals surface area contributed by atoms with E-state index in [1.165, 1.54) is 25.3 Å². The van der Waals surface area contributed by atoms with Crippen LogP contribution in [-0.4, -0.2) is 37.5 Å². The summed E-state index contributed by atoms with van der Waals surface area (Å²) in [6, 6.07) is 5.77. The van der Waals surface area contributed by atoms with E-state index in [0.717, 1.165) is 0 Å². The summed E-state index contributed by atoms with van der Waals surface area (Å²) < 4.78 is 15.5. The summed E-state index contributed by atoms with van der Waals surface area (Å²) in [5.41, 5.74) is 0.825. The number of rotatable bonds is 6. The molecule has 0 saturated carbocycles. The van der Waals surface area contributed by atoms with Crippen LogP contribution in [0.5, 0.6) is 0 Å². The van der Waals surface area contributed by atoms with Crippen molar-refractivity contribution < 1.29 is 14.0 Å². The zero-order valence-corrected chi connectivity index (χ0v) is 16.3. The number of hydrogen-bond donors (Lipinski definition) is 2. The second-order valence-corrected chi connectivity index (χ2v) is 6.82. The number of amides is 1. The maximum absolute atomic E-state index is 14.0. The molecule has 0 unspecified atom stereocenters. The molecule has 1 amide bonds. The Labute approximate surface area is 170 Å². The number of carbonyl (C=O) groups is 2. The van der Waals surface area contributed by atoms with E-state index in [9.17, 15) is 14.0 Å². The normalized spacial score (nSPS) is 11.7. The molecule has 0 aliphatic rings. The van der Waals surface area contributed by atoms with Crippen LogP contribution < -0.4 is 5.32 Å². The number of hydrogen-bond acceptors (Lipinski definition) is 5. The number of nitrogens with zero attached hydrogens (tertiary/aromatic N) is 4. The first-order chi connectivity index (χ1) is 13.8. The zero-order chi connectivity index (χ0) is 21.1. The van der Waals surface area contributed by atoms with Gasteiger partial charge in [-0.2, -0.15) is 10.4 Å². The fourth-order valence-corrected chi connectivity index (χ4v) is 2.94. The van der Waals surface area contributed by atoms with Gasteiger partial charge >= 0.3 is 0 Å². The molecule has 8 nitrogen and oxygen atoms in total. The van der Waals surface area contributed by atoms with Gasteiger partial charge < -0.3 is 10.3 Å². The van der Waals surface area contributed by atoms with Crippen molar-refractivity contribution in [2.45, 2.75) is 26.4 Å². The summed E-state index contributed by atoms with van der Waals surface area (Å²) in [5.74, 6) is -1.28. The Hall–Kier alpha value is -3.51. The summed E-state index contributed by atoms with van der Waals surface area (Å²) in [6.07, 6.45) is 3.05. The second kappa shape index (κ2) is 8.24. The highest BCUT2D eigenvalue weighted by atomic mass is 35.5. The van der Waals surface area contributed by atoms with Gasteiger partial charge in [0.1, 0.15) is 23.1 Å². The Morgan fingerprint density at radius 1 is 1.45 bits per heavy atom. The zero-order valence-electron chi connectivity index (χ0n) is 15.5. The van der Waals surface area contributed by atoms with Gasteiger partial charge in [-0.05, 0) is 25.1 Å². The molecule has 0 aliphatic heterocycles. The van der Waals surface area contributed by atoms with Crippen LogP contribution in [0, 0.1) is 17.1 Å². The number of imidazole rings is 1. The molecule has 0 aliphatic carbocycles. The average Bonchev–Trinajstić information content (AvgIpc) is 3.31. The molecule has 2 N–H and O–H groups in total. The molecular weight excluding hydrogens is 399 g/mol. The van der Waals surface area contributed by atoms with Gasteiger partial charge in [-0.25, -0.2) is 9.37 Å². The Kier molecular flexibility index (Phi) is 5.75. The Morgan fingerprint density at radius 3 is 2.83 bits per heavy atom. The van der Waals surface area contributed by atoms with Gasteiger partial charge in [0.15, 0.2) is 11.6 Å². The second-order valence-electron chi connectivity index (χ2n) is 6.41. The molecule has 0 radical (unpaired) electrons. The van der Waals surface area contributed by atoms with E-state index < -0.39 is 11.7 Å². The molecule has 1 aromatic carbocycles. The Balaban J connectivity index is 1.67. The third kappa shape index (κ3) is 4.50. The summed E-state index contributed by atoms with van der Waals surface area (Å²) in [6.45, 7) is 3.49. The third-order valence-electron chi connectivity index (χ3n) is 4.07. The van der Waals surface area contributed by atoms with E-state index in [2.05, 4.69) is 20.4 Å². The molecule has 2 heterocycles. The van der Waals surface area contributed by atoms with Crippen LogP contribution in [0.4, 0.5) is 4.39 Å². The monoisotopic (exact) mass is 414 g/mol. The van der Waals surface area contributed by atoms with Crippen LogP contribution in [0.1, 0.15) is 40.5 Å². The number of H-pyrrole nitrogens is 1. The Bertz CT molecular complexity index is 1110. The summed E-state index contributed by atoms with van der Waals surface area (Å²) in [7, 11) is 0. The molecule has 0 spiro atoms. The molecule has 0 fully saturated rings. The minimum atomic E-state index is -0.714. The number of nitrogens with one attached hydrogen (secondary N) is 2. The number of benzene rings is 1. The number of carbonyl (C=O) groups excluding carboxylic acids is 2. The minimum Gasteiger partial charge on any atom is -0.346 e. The van der Waals surface area contributed by atoms with Crippen LogP contribution >= 0.6 is 11.6 Å². The molecule has 1 atom stereocenters. The highest BCUT2D eigenvalue weighted by Crippen LogP contribution is 2.26. The van der Waals surface area contributed by atoms with Gasteiger partial charge in [-0.3, -0.25) is 14.3 Å². The standard InChI is InChI=1S/C19H16ClFN6O2/c1-10(24-19(29)17-8-23-18(25-17)11(2)28)9-27-4-3-16(26-27)12-5-14(20)13(7-22)15(21)6-12/h3-6,8,10H,9H2,1-2H3,(H,23,25)(H,24,29)/t10-/m0/s1. The van der Waals surface area contributed by atoms with Gasteiger partial charge in [0.05, 0.1) is 17.3 Å². The van der Waals surface area contributed by atoms with Crippen LogP contribution in [0.3, 0.4) is 0 Å². The van der Waals surface area contributed by atoms with Gasteiger partial charge in [-0.15, -0.1) is 0 Å². The first kappa shape index (κ1) is 20.2. The highest BCUT2D eigenvalue weighted by Gasteiger charge is 2.16. The maximum Gasteiger partial charge on any atom is 0.271 e. The summed E-state index contributed by atoms with van der Waals surface area (Å²) in [4.78, 5) is 30.1. The van der Waals surface area contributed by atoms with E-state index in [0.29, 0.717) is 17.8 Å². The van der Waals surface area contributed by atoms with E-state index >= 15 is 0 Å². The van der Waals surface area contributed by atoms with Crippen LogP contribution in [-0.2, 0) is 6.54 Å². The van der Waals surface area contributed by atoms with Gasteiger partial charge in [0, 0.05) is 30.9 Å². The predicted octanol–water partition coefficient (Wildman–Crippen LogP) is 2.96. The number of Topliss-reactive ketones (excluding diaryl/α,β-unsaturated/α-hetero) is 1. The van der Waals surface area contributed by atoms with Crippen molar-refractivity contribution in [2.75, 3.05) is 0 Å².